The number of nitrogens with one attached hydrogen (secondary N) is 1. The second-order valence-electron chi connectivity index (χ2n) is 6.52. The fourth-order valence-corrected chi connectivity index (χ4v) is 3.25. The first-order valence-corrected chi connectivity index (χ1v) is 8.73. The molecule has 1 fully saturated rings. The first kappa shape index (κ1) is 17.8. The van der Waals surface area contributed by atoms with Crippen LogP contribution in [0.15, 0.2) is 28.7 Å². The Morgan fingerprint density at radius 3 is 2.56 bits per heavy atom. The molecule has 2 heterocycles. The Balaban J connectivity index is 1.56. The lowest BCUT2D eigenvalue weighted by Gasteiger charge is -2.15. The molecule has 1 aromatic heterocycles. The van der Waals surface area contributed by atoms with Gasteiger partial charge in [0.15, 0.2) is 28.9 Å². The Labute approximate surface area is 152 Å². The molecule has 3 aromatic rings. The molecule has 0 unspecified atom stereocenters. The van der Waals surface area contributed by atoms with E-state index in [1.165, 1.54) is 12.8 Å². The first-order chi connectivity index (χ1) is 13.0. The third-order valence-corrected chi connectivity index (χ3v) is 4.68. The minimum Gasteiger partial charge on any atom is -0.436 e. The van der Waals surface area contributed by atoms with E-state index in [0.29, 0.717) is 17.2 Å². The summed E-state index contributed by atoms with van der Waals surface area (Å²) in [6.07, 6.45) is 2.46. The molecule has 1 aliphatic heterocycles. The summed E-state index contributed by atoms with van der Waals surface area (Å²) in [4.78, 5) is 6.46. The number of likely N-dealkylation sites (tertiary alicyclic amines) is 1. The summed E-state index contributed by atoms with van der Waals surface area (Å²) < 4.78 is 59.3. The largest absolute Gasteiger partial charge is 0.436 e. The van der Waals surface area contributed by atoms with E-state index >= 15 is 0 Å². The van der Waals surface area contributed by atoms with Crippen molar-refractivity contribution in [2.24, 2.45) is 0 Å². The molecule has 142 valence electrons. The maximum absolute atomic E-state index is 14.0. The van der Waals surface area contributed by atoms with Crippen LogP contribution < -0.4 is 5.32 Å². The average molecular weight is 379 g/mol. The van der Waals surface area contributed by atoms with Crippen molar-refractivity contribution < 1.29 is 22.0 Å². The Kier molecular flexibility index (Phi) is 4.73. The molecule has 4 rings (SSSR count). The predicted octanol–water partition coefficient (Wildman–Crippen LogP) is 4.56. The van der Waals surface area contributed by atoms with Crippen molar-refractivity contribution in [3.05, 3.63) is 47.5 Å². The number of fused-ring (bicyclic) bond motifs is 1. The van der Waals surface area contributed by atoms with Crippen molar-refractivity contribution >= 4 is 16.8 Å². The Bertz CT molecular complexity index is 983. The van der Waals surface area contributed by atoms with Crippen LogP contribution in [0.25, 0.3) is 22.6 Å². The van der Waals surface area contributed by atoms with Crippen LogP contribution in [-0.2, 0) is 0 Å². The highest BCUT2D eigenvalue weighted by molar-refractivity contribution is 5.80. The lowest BCUT2D eigenvalue weighted by molar-refractivity contribution is 0.352. The van der Waals surface area contributed by atoms with Gasteiger partial charge in [-0.2, -0.15) is 0 Å². The molecule has 27 heavy (non-hydrogen) atoms. The van der Waals surface area contributed by atoms with Gasteiger partial charge >= 0.3 is 0 Å². The molecular formula is C19H17F4N3O. The van der Waals surface area contributed by atoms with E-state index < -0.39 is 28.8 Å². The van der Waals surface area contributed by atoms with Crippen LogP contribution >= 0.6 is 0 Å². The van der Waals surface area contributed by atoms with Crippen LogP contribution in [0.1, 0.15) is 12.8 Å². The molecule has 2 aromatic carbocycles. The van der Waals surface area contributed by atoms with Crippen LogP contribution in [-0.4, -0.2) is 36.1 Å². The van der Waals surface area contributed by atoms with E-state index in [2.05, 4.69) is 15.2 Å². The normalized spacial score (nSPS) is 15.0. The third kappa shape index (κ3) is 3.49. The quantitative estimate of drug-likeness (QED) is 0.401. The maximum atomic E-state index is 14.0. The molecule has 1 N–H and O–H groups in total. The number of rotatable bonds is 5. The van der Waals surface area contributed by atoms with Crippen molar-refractivity contribution in [2.45, 2.75) is 12.8 Å². The predicted molar refractivity (Wildman–Crippen MR) is 93.4 cm³/mol. The van der Waals surface area contributed by atoms with Crippen molar-refractivity contribution in [1.29, 1.82) is 0 Å². The molecular weight excluding hydrogens is 362 g/mol. The number of oxazole rings is 1. The molecule has 0 amide bonds. The molecule has 0 spiro atoms. The fraction of sp³-hybridized carbons (Fsp3) is 0.316. The molecule has 0 aliphatic carbocycles. The summed E-state index contributed by atoms with van der Waals surface area (Å²) in [5, 5.41) is 3.28. The van der Waals surface area contributed by atoms with Gasteiger partial charge in [0.25, 0.3) is 0 Å². The zero-order valence-electron chi connectivity index (χ0n) is 14.4. The summed E-state index contributed by atoms with van der Waals surface area (Å²) in [6.45, 7) is 3.92. The first-order valence-electron chi connectivity index (χ1n) is 8.73. The van der Waals surface area contributed by atoms with Crippen molar-refractivity contribution in [2.75, 3.05) is 31.5 Å². The average Bonchev–Trinajstić information content (AvgIpc) is 3.32. The van der Waals surface area contributed by atoms with E-state index in [1.807, 2.05) is 0 Å². The van der Waals surface area contributed by atoms with Crippen LogP contribution in [0.4, 0.5) is 23.2 Å². The van der Waals surface area contributed by atoms with E-state index in [1.54, 1.807) is 18.2 Å². The SMILES string of the molecule is Fc1cc(-c2nc3cc(NCCN4CCCC4)ccc3o2)c(F)c(F)c1F. The van der Waals surface area contributed by atoms with E-state index in [4.69, 9.17) is 4.42 Å². The Morgan fingerprint density at radius 1 is 1.00 bits per heavy atom. The zero-order chi connectivity index (χ0) is 19.0. The number of hydrogen-bond acceptors (Lipinski definition) is 4. The number of halogens is 4. The van der Waals surface area contributed by atoms with E-state index in [9.17, 15) is 17.6 Å². The molecule has 1 aliphatic rings. The molecule has 1 saturated heterocycles. The summed E-state index contributed by atoms with van der Waals surface area (Å²) in [5.74, 6) is -7.11. The second-order valence-corrected chi connectivity index (χ2v) is 6.52. The summed E-state index contributed by atoms with van der Waals surface area (Å²) >= 11 is 0. The van der Waals surface area contributed by atoms with Crippen LogP contribution in [0, 0.1) is 23.3 Å². The Hall–Kier alpha value is -2.61. The highest BCUT2D eigenvalue weighted by atomic mass is 19.2. The van der Waals surface area contributed by atoms with Gasteiger partial charge in [0.2, 0.25) is 5.89 Å². The van der Waals surface area contributed by atoms with Crippen molar-refractivity contribution in [3.63, 3.8) is 0 Å². The van der Waals surface area contributed by atoms with Gasteiger partial charge in [0, 0.05) is 18.8 Å². The van der Waals surface area contributed by atoms with Gasteiger partial charge in [-0.3, -0.25) is 0 Å². The minimum absolute atomic E-state index is 0.311. The van der Waals surface area contributed by atoms with E-state index in [-0.39, 0.29) is 5.89 Å². The smallest absolute Gasteiger partial charge is 0.230 e. The Morgan fingerprint density at radius 2 is 1.78 bits per heavy atom. The second kappa shape index (κ2) is 7.19. The lowest BCUT2D eigenvalue weighted by atomic mass is 10.2. The maximum Gasteiger partial charge on any atom is 0.230 e. The topological polar surface area (TPSA) is 41.3 Å². The monoisotopic (exact) mass is 379 g/mol. The van der Waals surface area contributed by atoms with Gasteiger partial charge in [0.1, 0.15) is 5.52 Å². The number of aromatic nitrogens is 1. The van der Waals surface area contributed by atoms with Crippen LogP contribution in [0.2, 0.25) is 0 Å². The summed E-state index contributed by atoms with van der Waals surface area (Å²) in [5.41, 5.74) is 0.977. The molecule has 0 radical (unpaired) electrons. The van der Waals surface area contributed by atoms with Gasteiger partial charge in [-0.25, -0.2) is 22.5 Å². The standard InChI is InChI=1S/C19H17F4N3O/c20-13-10-12(16(21)18(23)17(13)22)19-25-14-9-11(3-4-15(14)27-19)24-5-8-26-6-1-2-7-26/h3-4,9-10,24H,1-2,5-8H2. The number of anilines is 1. The van der Waals surface area contributed by atoms with Gasteiger partial charge < -0.3 is 14.6 Å². The number of nitrogens with zero attached hydrogens (tertiary/aromatic N) is 2. The number of benzene rings is 2. The summed E-state index contributed by atoms with van der Waals surface area (Å²) in [6, 6.07) is 5.66. The molecule has 4 nitrogen and oxygen atoms in total. The van der Waals surface area contributed by atoms with Crippen molar-refractivity contribution in [1.82, 2.24) is 9.88 Å². The van der Waals surface area contributed by atoms with Gasteiger partial charge in [-0.1, -0.05) is 0 Å². The summed E-state index contributed by atoms with van der Waals surface area (Å²) in [7, 11) is 0. The van der Waals surface area contributed by atoms with Crippen molar-refractivity contribution in [3.8, 4) is 11.5 Å². The molecule has 0 saturated carbocycles. The highest BCUT2D eigenvalue weighted by Crippen LogP contribution is 2.30. The zero-order valence-corrected chi connectivity index (χ0v) is 14.4. The van der Waals surface area contributed by atoms with E-state index in [0.717, 1.165) is 31.9 Å². The van der Waals surface area contributed by atoms with Gasteiger partial charge in [0.05, 0.1) is 5.56 Å². The molecule has 8 heteroatoms. The van der Waals surface area contributed by atoms with Gasteiger partial charge in [-0.15, -0.1) is 0 Å². The van der Waals surface area contributed by atoms with Crippen LogP contribution in [0.3, 0.4) is 0 Å². The van der Waals surface area contributed by atoms with Crippen LogP contribution in [0.5, 0.6) is 0 Å². The van der Waals surface area contributed by atoms with Gasteiger partial charge in [-0.05, 0) is 50.2 Å². The molecule has 0 bridgehead atoms. The molecule has 0 atom stereocenters. The lowest BCUT2D eigenvalue weighted by Crippen LogP contribution is -2.25. The minimum atomic E-state index is -1.89. The number of hydrogen-bond donors (Lipinski definition) is 1. The fourth-order valence-electron chi connectivity index (χ4n) is 3.25. The third-order valence-electron chi connectivity index (χ3n) is 4.68. The highest BCUT2D eigenvalue weighted by Gasteiger charge is 2.23.